The predicted octanol–water partition coefficient (Wildman–Crippen LogP) is 1.45. The number of benzene rings is 1. The first-order valence-electron chi connectivity index (χ1n) is 7.88. The third kappa shape index (κ3) is 3.26. The predicted molar refractivity (Wildman–Crippen MR) is 85.1 cm³/mol. The van der Waals surface area contributed by atoms with E-state index < -0.39 is 11.9 Å². The maximum absolute atomic E-state index is 14.1. The van der Waals surface area contributed by atoms with Gasteiger partial charge in [0.25, 0.3) is 0 Å². The number of aryl methyl sites for hydroxylation is 1. The van der Waals surface area contributed by atoms with Crippen molar-refractivity contribution in [1.29, 1.82) is 0 Å². The molecule has 24 heavy (non-hydrogen) atoms. The molecule has 1 aromatic heterocycles. The quantitative estimate of drug-likeness (QED) is 0.839. The Bertz CT molecular complexity index is 705. The van der Waals surface area contributed by atoms with Crippen LogP contribution in [0.1, 0.15) is 24.4 Å². The van der Waals surface area contributed by atoms with Crippen LogP contribution < -0.4 is 10.1 Å². The van der Waals surface area contributed by atoms with Gasteiger partial charge in [-0.3, -0.25) is 9.48 Å². The molecule has 1 amide bonds. The number of amides is 1. The first-order chi connectivity index (χ1) is 11.6. The zero-order valence-electron chi connectivity index (χ0n) is 13.4. The number of hydrogen-bond acceptors (Lipinski definition) is 4. The second-order valence-corrected chi connectivity index (χ2v) is 5.89. The van der Waals surface area contributed by atoms with Gasteiger partial charge in [0, 0.05) is 18.8 Å². The highest BCUT2D eigenvalue weighted by Crippen LogP contribution is 2.32. The summed E-state index contributed by atoms with van der Waals surface area (Å²) in [5.41, 5.74) is 0.446. The summed E-state index contributed by atoms with van der Waals surface area (Å²) in [6, 6.07) is 6.24. The molecule has 1 aromatic carbocycles. The normalized spacial score (nSPS) is 22.7. The van der Waals surface area contributed by atoms with Crippen LogP contribution >= 0.6 is 0 Å². The number of nitrogens with one attached hydrogen (secondary N) is 1. The number of carbonyl (C=O) groups is 1. The van der Waals surface area contributed by atoms with Crippen molar-refractivity contribution >= 4 is 5.91 Å². The Labute approximate surface area is 139 Å². The molecule has 1 aliphatic carbocycles. The molecular weight excluding hydrogens is 313 g/mol. The van der Waals surface area contributed by atoms with Gasteiger partial charge in [0.1, 0.15) is 0 Å². The van der Waals surface area contributed by atoms with Gasteiger partial charge in [-0.15, -0.1) is 0 Å². The smallest absolute Gasteiger partial charge is 0.220 e. The molecule has 6 nitrogen and oxygen atoms in total. The van der Waals surface area contributed by atoms with Gasteiger partial charge < -0.3 is 15.2 Å². The molecule has 0 unspecified atom stereocenters. The summed E-state index contributed by atoms with van der Waals surface area (Å²) in [4.78, 5) is 12.1. The van der Waals surface area contributed by atoms with Crippen molar-refractivity contribution in [3.05, 3.63) is 48.0 Å². The lowest BCUT2D eigenvalue weighted by molar-refractivity contribution is -0.124. The highest BCUT2D eigenvalue weighted by Gasteiger charge is 2.42. The highest BCUT2D eigenvalue weighted by atomic mass is 19.1. The van der Waals surface area contributed by atoms with Crippen LogP contribution in [0.25, 0.3) is 0 Å². The van der Waals surface area contributed by atoms with E-state index in [0.29, 0.717) is 12.0 Å². The van der Waals surface area contributed by atoms with Crippen molar-refractivity contribution in [2.45, 2.75) is 37.5 Å². The molecule has 1 aliphatic rings. The highest BCUT2D eigenvalue weighted by molar-refractivity contribution is 5.76. The average Bonchev–Trinajstić information content (AvgIpc) is 3.06. The summed E-state index contributed by atoms with van der Waals surface area (Å²) < 4.78 is 20.7. The molecule has 0 saturated heterocycles. The van der Waals surface area contributed by atoms with Gasteiger partial charge in [0.05, 0.1) is 25.3 Å². The molecule has 1 fully saturated rings. The van der Waals surface area contributed by atoms with Crippen molar-refractivity contribution < 1.29 is 19.0 Å². The molecule has 2 N–H and O–H groups in total. The number of carbonyl (C=O) groups excluding carboxylic acids is 1. The first kappa shape index (κ1) is 16.4. The second kappa shape index (κ2) is 7.00. The lowest BCUT2D eigenvalue weighted by atomic mass is 9.83. The number of hydrogen-bond donors (Lipinski definition) is 2. The van der Waals surface area contributed by atoms with E-state index >= 15 is 0 Å². The number of aliphatic hydroxyl groups is 1. The third-order valence-corrected chi connectivity index (χ3v) is 4.36. The van der Waals surface area contributed by atoms with Crippen LogP contribution in [0, 0.1) is 5.82 Å². The fourth-order valence-corrected chi connectivity index (χ4v) is 3.01. The van der Waals surface area contributed by atoms with Gasteiger partial charge in [-0.2, -0.15) is 5.10 Å². The lowest BCUT2D eigenvalue weighted by Crippen LogP contribution is -2.56. The van der Waals surface area contributed by atoms with E-state index in [4.69, 9.17) is 4.74 Å². The fourth-order valence-electron chi connectivity index (χ4n) is 3.01. The minimum absolute atomic E-state index is 0.164. The summed E-state index contributed by atoms with van der Waals surface area (Å²) in [7, 11) is 1.41. The summed E-state index contributed by atoms with van der Waals surface area (Å²) in [6.45, 7) is 0. The number of aliphatic hydroxyl groups excluding tert-OH is 1. The summed E-state index contributed by atoms with van der Waals surface area (Å²) in [5.74, 6) is -0.429. The number of nitrogens with zero attached hydrogens (tertiary/aromatic N) is 2. The molecule has 0 aliphatic heterocycles. The van der Waals surface area contributed by atoms with E-state index in [-0.39, 0.29) is 36.6 Å². The fraction of sp³-hybridized carbons (Fsp3) is 0.412. The van der Waals surface area contributed by atoms with Gasteiger partial charge in [-0.25, -0.2) is 4.39 Å². The maximum Gasteiger partial charge on any atom is 0.220 e. The van der Waals surface area contributed by atoms with Crippen LogP contribution in [0.3, 0.4) is 0 Å². The summed E-state index contributed by atoms with van der Waals surface area (Å²) in [6.07, 6.45) is 3.82. The Morgan fingerprint density at radius 3 is 3.00 bits per heavy atom. The Balaban J connectivity index is 1.55. The lowest BCUT2D eigenvalue weighted by Gasteiger charge is -2.41. The van der Waals surface area contributed by atoms with E-state index in [1.165, 1.54) is 7.11 Å². The molecule has 0 bridgehead atoms. The number of halogens is 1. The van der Waals surface area contributed by atoms with E-state index in [1.807, 2.05) is 0 Å². The SMILES string of the molecule is COc1cccc(CCC(=O)N[C@H]2C[C@@H](O)[C@@H]2n2cccn2)c1F. The van der Waals surface area contributed by atoms with E-state index in [9.17, 15) is 14.3 Å². The first-order valence-corrected chi connectivity index (χ1v) is 7.88. The van der Waals surface area contributed by atoms with Crippen LogP contribution in [0.4, 0.5) is 4.39 Å². The topological polar surface area (TPSA) is 76.4 Å². The summed E-state index contributed by atoms with van der Waals surface area (Å²) >= 11 is 0. The molecule has 1 heterocycles. The number of rotatable bonds is 6. The summed E-state index contributed by atoms with van der Waals surface area (Å²) in [5, 5.41) is 16.9. The molecule has 1 saturated carbocycles. The van der Waals surface area contributed by atoms with E-state index in [1.54, 1.807) is 41.3 Å². The van der Waals surface area contributed by atoms with Gasteiger partial charge >= 0.3 is 0 Å². The molecule has 3 rings (SSSR count). The minimum Gasteiger partial charge on any atom is -0.494 e. The van der Waals surface area contributed by atoms with Gasteiger partial charge in [-0.05, 0) is 30.5 Å². The number of ether oxygens (including phenoxy) is 1. The van der Waals surface area contributed by atoms with Gasteiger partial charge in [-0.1, -0.05) is 12.1 Å². The number of aromatic nitrogens is 2. The Kier molecular flexibility index (Phi) is 4.80. The monoisotopic (exact) mass is 333 g/mol. The second-order valence-electron chi connectivity index (χ2n) is 5.89. The van der Waals surface area contributed by atoms with Crippen LogP contribution in [0.15, 0.2) is 36.7 Å². The zero-order valence-corrected chi connectivity index (χ0v) is 13.4. The maximum atomic E-state index is 14.1. The zero-order chi connectivity index (χ0) is 17.1. The Morgan fingerprint density at radius 2 is 2.33 bits per heavy atom. The van der Waals surface area contributed by atoms with Gasteiger partial charge in [0.15, 0.2) is 11.6 Å². The Hall–Kier alpha value is -2.41. The molecular formula is C17H20FN3O3. The van der Waals surface area contributed by atoms with Crippen molar-refractivity contribution in [2.24, 2.45) is 0 Å². The molecule has 0 radical (unpaired) electrons. The minimum atomic E-state index is -0.522. The van der Waals surface area contributed by atoms with Crippen molar-refractivity contribution in [3.63, 3.8) is 0 Å². The largest absolute Gasteiger partial charge is 0.494 e. The van der Waals surface area contributed by atoms with Gasteiger partial charge in [0.2, 0.25) is 5.91 Å². The van der Waals surface area contributed by atoms with Crippen molar-refractivity contribution in [3.8, 4) is 5.75 Å². The standard InChI is InChI=1S/C17H20FN3O3/c1-24-14-5-2-4-11(16(14)18)6-7-15(23)20-12-10-13(22)17(12)21-9-3-8-19-21/h2-5,8-9,12-13,17,22H,6-7,10H2,1H3,(H,20,23)/t12-,13+,17+/m0/s1. The van der Waals surface area contributed by atoms with Crippen LogP contribution in [0.2, 0.25) is 0 Å². The number of methoxy groups -OCH3 is 1. The van der Waals surface area contributed by atoms with Crippen LogP contribution in [0.5, 0.6) is 5.75 Å². The van der Waals surface area contributed by atoms with Crippen molar-refractivity contribution in [2.75, 3.05) is 7.11 Å². The average molecular weight is 333 g/mol. The molecule has 3 atom stereocenters. The van der Waals surface area contributed by atoms with Crippen LogP contribution in [-0.2, 0) is 11.2 Å². The van der Waals surface area contributed by atoms with E-state index in [0.717, 1.165) is 0 Å². The van der Waals surface area contributed by atoms with Crippen molar-refractivity contribution in [1.82, 2.24) is 15.1 Å². The third-order valence-electron chi connectivity index (χ3n) is 4.36. The molecule has 128 valence electrons. The van der Waals surface area contributed by atoms with Crippen LogP contribution in [-0.4, -0.2) is 40.0 Å². The Morgan fingerprint density at radius 1 is 1.50 bits per heavy atom. The van der Waals surface area contributed by atoms with E-state index in [2.05, 4.69) is 10.4 Å². The molecule has 7 heteroatoms. The molecule has 2 aromatic rings. The molecule has 0 spiro atoms.